The average molecular weight is 352 g/mol. The highest BCUT2D eigenvalue weighted by Gasteiger charge is 2.18. The second-order valence-corrected chi connectivity index (χ2v) is 4.28. The Balaban J connectivity index is 0. The van der Waals surface area contributed by atoms with Crippen molar-refractivity contribution < 1.29 is 49.1 Å². The molecule has 1 heterocycles. The van der Waals surface area contributed by atoms with Gasteiger partial charge in [-0.2, -0.15) is 0 Å². The predicted octanol–water partition coefficient (Wildman–Crippen LogP) is -2.63. The summed E-state index contributed by atoms with van der Waals surface area (Å²) in [5.74, 6) is -4.81. The zero-order valence-corrected chi connectivity index (χ0v) is 12.8. The van der Waals surface area contributed by atoms with Gasteiger partial charge in [-0.15, -0.1) is 0 Å². The smallest absolute Gasteiger partial charge is 0.396 e. The SMILES string of the molecule is CC(O)C(=O)O.N[C@@H](CCC(=O)O)C(=O)O.O=C1NCCOC1=O. The molecule has 1 aliphatic heterocycles. The number of carbonyl (C=O) groups excluding carboxylic acids is 2. The van der Waals surface area contributed by atoms with Crippen molar-refractivity contribution in [3.8, 4) is 0 Å². The van der Waals surface area contributed by atoms with Gasteiger partial charge >= 0.3 is 29.8 Å². The lowest BCUT2D eigenvalue weighted by molar-refractivity contribution is -0.158. The Bertz CT molecular complexity index is 447. The summed E-state index contributed by atoms with van der Waals surface area (Å²) in [5, 5.41) is 34.4. The van der Waals surface area contributed by atoms with Gasteiger partial charge in [0.15, 0.2) is 0 Å². The molecule has 7 N–H and O–H groups in total. The van der Waals surface area contributed by atoms with Crippen molar-refractivity contribution in [1.82, 2.24) is 5.32 Å². The maximum Gasteiger partial charge on any atom is 0.396 e. The van der Waals surface area contributed by atoms with Gasteiger partial charge in [0.05, 0.1) is 6.54 Å². The molecule has 0 aromatic carbocycles. The van der Waals surface area contributed by atoms with Crippen molar-refractivity contribution in [2.75, 3.05) is 13.2 Å². The number of hydrogen-bond acceptors (Lipinski definition) is 8. The molecule has 1 saturated heterocycles. The number of carboxylic acids is 3. The van der Waals surface area contributed by atoms with Crippen molar-refractivity contribution in [3.63, 3.8) is 0 Å². The van der Waals surface area contributed by atoms with Crippen LogP contribution in [0.5, 0.6) is 0 Å². The number of aliphatic carboxylic acids is 3. The van der Waals surface area contributed by atoms with E-state index in [1.54, 1.807) is 0 Å². The van der Waals surface area contributed by atoms with Crippen LogP contribution in [-0.4, -0.2) is 75.5 Å². The van der Waals surface area contributed by atoms with E-state index < -0.39 is 41.9 Å². The second-order valence-electron chi connectivity index (χ2n) is 4.28. The number of hydrogen-bond donors (Lipinski definition) is 6. The van der Waals surface area contributed by atoms with Gasteiger partial charge < -0.3 is 36.2 Å². The molecule has 1 amide bonds. The van der Waals surface area contributed by atoms with Gasteiger partial charge in [-0.05, 0) is 13.3 Å². The molecule has 0 aromatic rings. The standard InChI is InChI=1S/C5H9NO4.C4H5NO3.C3H6O3/c6-3(5(9)10)1-2-4(7)8;6-3-4(7)8-2-1-5-3;1-2(4)3(5)6/h3H,1-2,6H2,(H,7,8)(H,9,10);1-2H2,(H,5,6);2,4H,1H3,(H,5,6)/t3-;;/m0../s1. The number of aliphatic hydroxyl groups excluding tert-OH is 1. The third-order valence-corrected chi connectivity index (χ3v) is 2.15. The first-order chi connectivity index (χ1) is 11.0. The molecular formula is C12H20N2O10. The van der Waals surface area contributed by atoms with Gasteiger partial charge in [0.25, 0.3) is 0 Å². The van der Waals surface area contributed by atoms with Gasteiger partial charge in [-0.1, -0.05) is 0 Å². The predicted molar refractivity (Wildman–Crippen MR) is 75.8 cm³/mol. The Labute approximate surface area is 136 Å². The summed E-state index contributed by atoms with van der Waals surface area (Å²) < 4.78 is 4.34. The van der Waals surface area contributed by atoms with Gasteiger partial charge in [-0.25, -0.2) is 9.59 Å². The molecule has 0 aromatic heterocycles. The molecule has 0 radical (unpaired) electrons. The van der Waals surface area contributed by atoms with E-state index in [0.29, 0.717) is 13.2 Å². The van der Waals surface area contributed by atoms with E-state index >= 15 is 0 Å². The number of carbonyl (C=O) groups is 5. The third kappa shape index (κ3) is 14.2. The number of amides is 1. The number of cyclic esters (lactones) is 1. The minimum absolute atomic E-state index is 0.0231. The first-order valence-electron chi connectivity index (χ1n) is 6.55. The fraction of sp³-hybridized carbons (Fsp3) is 0.583. The van der Waals surface area contributed by atoms with Crippen LogP contribution in [-0.2, 0) is 28.7 Å². The van der Waals surface area contributed by atoms with E-state index in [1.807, 2.05) is 0 Å². The molecular weight excluding hydrogens is 332 g/mol. The minimum atomic E-state index is -1.23. The van der Waals surface area contributed by atoms with E-state index in [9.17, 15) is 24.0 Å². The van der Waals surface area contributed by atoms with E-state index in [1.165, 1.54) is 6.92 Å². The van der Waals surface area contributed by atoms with Crippen LogP contribution < -0.4 is 11.1 Å². The molecule has 12 nitrogen and oxygen atoms in total. The molecule has 1 aliphatic rings. The summed E-state index contributed by atoms with van der Waals surface area (Å²) in [4.78, 5) is 49.7. The van der Waals surface area contributed by atoms with E-state index in [2.05, 4.69) is 10.1 Å². The highest BCUT2D eigenvalue weighted by molar-refractivity contribution is 6.32. The third-order valence-electron chi connectivity index (χ3n) is 2.15. The Morgan fingerprint density at radius 2 is 1.71 bits per heavy atom. The number of morpholine rings is 1. The molecule has 1 fully saturated rings. The molecule has 12 heteroatoms. The zero-order chi connectivity index (χ0) is 19.3. The molecule has 0 aliphatic carbocycles. The lowest BCUT2D eigenvalue weighted by Gasteiger charge is -2.09. The Kier molecular flexibility index (Phi) is 12.5. The fourth-order valence-corrected chi connectivity index (χ4v) is 0.848. The van der Waals surface area contributed by atoms with Crippen LogP contribution in [0, 0.1) is 0 Å². The van der Waals surface area contributed by atoms with Crippen LogP contribution in [0.2, 0.25) is 0 Å². The summed E-state index contributed by atoms with van der Waals surface area (Å²) in [7, 11) is 0. The maximum absolute atomic E-state index is 10.2. The molecule has 1 unspecified atom stereocenters. The normalized spacial score (nSPS) is 15.1. The molecule has 24 heavy (non-hydrogen) atoms. The monoisotopic (exact) mass is 352 g/mol. The summed E-state index contributed by atoms with van der Waals surface area (Å²) >= 11 is 0. The zero-order valence-electron chi connectivity index (χ0n) is 12.8. The van der Waals surface area contributed by atoms with Crippen molar-refractivity contribution in [3.05, 3.63) is 0 Å². The van der Waals surface area contributed by atoms with Crippen LogP contribution in [0.25, 0.3) is 0 Å². The van der Waals surface area contributed by atoms with Crippen LogP contribution in [0.15, 0.2) is 0 Å². The van der Waals surface area contributed by atoms with Gasteiger partial charge in [0.2, 0.25) is 0 Å². The quantitative estimate of drug-likeness (QED) is 0.222. The van der Waals surface area contributed by atoms with Gasteiger partial charge in [-0.3, -0.25) is 14.4 Å². The highest BCUT2D eigenvalue weighted by atomic mass is 16.5. The minimum Gasteiger partial charge on any atom is -0.481 e. The van der Waals surface area contributed by atoms with Crippen LogP contribution in [0.1, 0.15) is 19.8 Å². The van der Waals surface area contributed by atoms with E-state index in [4.69, 9.17) is 26.2 Å². The van der Waals surface area contributed by atoms with Crippen LogP contribution >= 0.6 is 0 Å². The van der Waals surface area contributed by atoms with Gasteiger partial charge in [0, 0.05) is 6.42 Å². The molecule has 1 rings (SSSR count). The summed E-state index contributed by atoms with van der Waals surface area (Å²) in [6.07, 6.45) is -1.46. The maximum atomic E-state index is 10.2. The van der Waals surface area contributed by atoms with Crippen LogP contribution in [0.4, 0.5) is 0 Å². The fourth-order valence-electron chi connectivity index (χ4n) is 0.848. The van der Waals surface area contributed by atoms with Gasteiger partial charge in [0.1, 0.15) is 18.8 Å². The van der Waals surface area contributed by atoms with E-state index in [-0.39, 0.29) is 12.8 Å². The number of nitrogens with two attached hydrogens (primary N) is 1. The van der Waals surface area contributed by atoms with Crippen LogP contribution in [0.3, 0.4) is 0 Å². The Morgan fingerprint density at radius 1 is 1.21 bits per heavy atom. The molecule has 2 atom stereocenters. The van der Waals surface area contributed by atoms with Crippen molar-refractivity contribution in [1.29, 1.82) is 0 Å². The highest BCUT2D eigenvalue weighted by Crippen LogP contribution is 1.93. The number of carboxylic acid groups (broad SMARTS) is 3. The average Bonchev–Trinajstić information content (AvgIpc) is 2.48. The largest absolute Gasteiger partial charge is 0.481 e. The molecule has 0 bridgehead atoms. The van der Waals surface area contributed by atoms with Crippen molar-refractivity contribution in [2.24, 2.45) is 5.73 Å². The van der Waals surface area contributed by atoms with Crippen molar-refractivity contribution >= 4 is 29.8 Å². The molecule has 0 saturated carbocycles. The summed E-state index contributed by atoms with van der Waals surface area (Å²) in [6.45, 7) is 1.93. The first kappa shape index (κ1) is 23.5. The Morgan fingerprint density at radius 3 is 1.96 bits per heavy atom. The number of ether oxygens (including phenoxy) is 1. The lowest BCUT2D eigenvalue weighted by atomic mass is 10.2. The topological polar surface area (TPSA) is 214 Å². The molecule has 0 spiro atoms. The Hall–Kier alpha value is -2.73. The van der Waals surface area contributed by atoms with E-state index in [0.717, 1.165) is 0 Å². The second kappa shape index (κ2) is 12.8. The lowest BCUT2D eigenvalue weighted by Crippen LogP contribution is -2.40. The number of esters is 1. The first-order valence-corrected chi connectivity index (χ1v) is 6.55. The summed E-state index contributed by atoms with van der Waals surface area (Å²) in [5.41, 5.74) is 5.00. The number of rotatable bonds is 5. The summed E-state index contributed by atoms with van der Waals surface area (Å²) in [6, 6.07) is -1.06. The number of nitrogens with one attached hydrogen (secondary N) is 1. The molecule has 138 valence electrons. The number of aliphatic hydroxyl groups is 1. The van der Waals surface area contributed by atoms with Crippen molar-refractivity contribution in [2.45, 2.75) is 31.9 Å².